The number of amides is 1. The Kier molecular flexibility index (Phi) is 4.15. The van der Waals surface area contributed by atoms with Crippen molar-refractivity contribution in [3.05, 3.63) is 36.0 Å². The molecule has 2 rings (SSSR count). The zero-order valence-corrected chi connectivity index (χ0v) is 10.5. The minimum Gasteiger partial charge on any atom is -0.361 e. The summed E-state index contributed by atoms with van der Waals surface area (Å²) in [5.74, 6) is -0.781. The van der Waals surface area contributed by atoms with Gasteiger partial charge < -0.3 is 9.82 Å². The highest BCUT2D eigenvalue weighted by molar-refractivity contribution is 5.94. The van der Waals surface area contributed by atoms with Crippen LogP contribution in [0.4, 0.5) is 0 Å². The Morgan fingerprint density at radius 3 is 2.95 bits per heavy atom. The van der Waals surface area contributed by atoms with Gasteiger partial charge in [0.15, 0.2) is 0 Å². The highest BCUT2D eigenvalue weighted by Crippen LogP contribution is 2.14. The SMILES string of the molecule is CCCC(=O)NNOC(=O)c1ccc2[nH]ccc2c1. The van der Waals surface area contributed by atoms with E-state index in [2.05, 4.69) is 16.0 Å². The van der Waals surface area contributed by atoms with E-state index in [1.54, 1.807) is 24.4 Å². The molecule has 1 aromatic carbocycles. The van der Waals surface area contributed by atoms with E-state index in [1.165, 1.54) is 0 Å². The van der Waals surface area contributed by atoms with Crippen molar-refractivity contribution in [3.63, 3.8) is 0 Å². The molecule has 2 aromatic rings. The lowest BCUT2D eigenvalue weighted by Gasteiger charge is -2.06. The summed E-state index contributed by atoms with van der Waals surface area (Å²) in [7, 11) is 0. The smallest absolute Gasteiger partial charge is 0.358 e. The van der Waals surface area contributed by atoms with Crippen LogP contribution in [0, 0.1) is 0 Å². The van der Waals surface area contributed by atoms with Gasteiger partial charge in [-0.2, -0.15) is 0 Å². The molecule has 0 unspecified atom stereocenters. The average Bonchev–Trinajstić information content (AvgIpc) is 2.86. The first kappa shape index (κ1) is 13.1. The van der Waals surface area contributed by atoms with Gasteiger partial charge in [-0.1, -0.05) is 12.5 Å². The van der Waals surface area contributed by atoms with Crippen molar-refractivity contribution in [2.75, 3.05) is 0 Å². The maximum atomic E-state index is 11.7. The number of fused-ring (bicyclic) bond motifs is 1. The standard InChI is InChI=1S/C13H15N3O3/c1-2-3-12(17)15-16-19-13(18)10-4-5-11-9(8-10)6-7-14-11/h4-8,14,16H,2-3H2,1H3,(H,15,17). The molecule has 0 aliphatic rings. The number of nitrogens with one attached hydrogen (secondary N) is 3. The van der Waals surface area contributed by atoms with Crippen molar-refractivity contribution in [3.8, 4) is 0 Å². The van der Waals surface area contributed by atoms with Crippen molar-refractivity contribution in [2.24, 2.45) is 0 Å². The van der Waals surface area contributed by atoms with Gasteiger partial charge in [0.2, 0.25) is 5.91 Å². The van der Waals surface area contributed by atoms with E-state index in [0.717, 1.165) is 17.3 Å². The normalized spacial score (nSPS) is 10.4. The minimum absolute atomic E-state index is 0.226. The van der Waals surface area contributed by atoms with Crippen molar-refractivity contribution in [1.29, 1.82) is 0 Å². The Hall–Kier alpha value is -2.34. The fraction of sp³-hybridized carbons (Fsp3) is 0.231. The zero-order valence-electron chi connectivity index (χ0n) is 10.5. The predicted octanol–water partition coefficient (Wildman–Crippen LogP) is 1.66. The van der Waals surface area contributed by atoms with Gasteiger partial charge in [0.05, 0.1) is 5.56 Å². The van der Waals surface area contributed by atoms with Crippen molar-refractivity contribution < 1.29 is 14.4 Å². The molecule has 0 saturated heterocycles. The van der Waals surface area contributed by atoms with Crippen LogP contribution in [0.2, 0.25) is 0 Å². The van der Waals surface area contributed by atoms with Crippen molar-refractivity contribution in [2.45, 2.75) is 19.8 Å². The molecule has 0 radical (unpaired) electrons. The van der Waals surface area contributed by atoms with E-state index in [1.807, 2.05) is 13.0 Å². The largest absolute Gasteiger partial charge is 0.361 e. The maximum Gasteiger partial charge on any atom is 0.358 e. The molecule has 0 spiro atoms. The molecule has 3 N–H and O–H groups in total. The molecule has 6 heteroatoms. The molecule has 100 valence electrons. The third kappa shape index (κ3) is 3.32. The first-order valence-corrected chi connectivity index (χ1v) is 6.03. The lowest BCUT2D eigenvalue weighted by atomic mass is 10.1. The molecule has 0 aliphatic carbocycles. The summed E-state index contributed by atoms with van der Waals surface area (Å²) in [4.78, 5) is 30.6. The van der Waals surface area contributed by atoms with E-state index in [4.69, 9.17) is 4.84 Å². The first-order valence-electron chi connectivity index (χ1n) is 6.03. The van der Waals surface area contributed by atoms with Gasteiger partial charge in [-0.05, 0) is 30.7 Å². The summed E-state index contributed by atoms with van der Waals surface area (Å²) >= 11 is 0. The number of H-pyrrole nitrogens is 1. The number of aromatic amines is 1. The fourth-order valence-electron chi connectivity index (χ4n) is 1.66. The second-order valence-corrected chi connectivity index (χ2v) is 4.07. The summed E-state index contributed by atoms with van der Waals surface area (Å²) in [6.07, 6.45) is 2.90. The van der Waals surface area contributed by atoms with E-state index in [0.29, 0.717) is 12.0 Å². The molecule has 0 bridgehead atoms. The Labute approximate surface area is 110 Å². The topological polar surface area (TPSA) is 83.2 Å². The number of carbonyl (C=O) groups is 2. The number of carbonyl (C=O) groups excluding carboxylic acids is 2. The fourth-order valence-corrected chi connectivity index (χ4v) is 1.66. The second-order valence-electron chi connectivity index (χ2n) is 4.07. The quantitative estimate of drug-likeness (QED) is 0.715. The van der Waals surface area contributed by atoms with Crippen LogP contribution in [-0.2, 0) is 9.63 Å². The van der Waals surface area contributed by atoms with Crippen LogP contribution >= 0.6 is 0 Å². The van der Waals surface area contributed by atoms with Crippen LogP contribution in [0.3, 0.4) is 0 Å². The molecule has 0 atom stereocenters. The Balaban J connectivity index is 1.90. The number of rotatable bonds is 5. The molecule has 19 heavy (non-hydrogen) atoms. The van der Waals surface area contributed by atoms with Crippen molar-refractivity contribution >= 4 is 22.8 Å². The van der Waals surface area contributed by atoms with E-state index < -0.39 is 5.97 Å². The summed E-state index contributed by atoms with van der Waals surface area (Å²) in [6, 6.07) is 7.02. The minimum atomic E-state index is -0.556. The van der Waals surface area contributed by atoms with Crippen LogP contribution in [0.1, 0.15) is 30.1 Å². The number of hydrogen-bond donors (Lipinski definition) is 3. The molecular formula is C13H15N3O3. The number of hydrazine groups is 1. The monoisotopic (exact) mass is 261 g/mol. The van der Waals surface area contributed by atoms with Crippen LogP contribution in [0.5, 0.6) is 0 Å². The van der Waals surface area contributed by atoms with E-state index >= 15 is 0 Å². The number of aromatic nitrogens is 1. The Morgan fingerprint density at radius 1 is 1.32 bits per heavy atom. The summed E-state index contributed by atoms with van der Waals surface area (Å²) in [5.41, 5.74) is 5.78. The van der Waals surface area contributed by atoms with Crippen molar-refractivity contribution in [1.82, 2.24) is 16.0 Å². The predicted molar refractivity (Wildman–Crippen MR) is 69.9 cm³/mol. The van der Waals surface area contributed by atoms with Crippen LogP contribution in [0.25, 0.3) is 10.9 Å². The molecule has 1 amide bonds. The van der Waals surface area contributed by atoms with Gasteiger partial charge in [0.25, 0.3) is 0 Å². The van der Waals surface area contributed by atoms with Crippen LogP contribution < -0.4 is 11.0 Å². The van der Waals surface area contributed by atoms with Gasteiger partial charge in [-0.25, -0.2) is 4.79 Å². The van der Waals surface area contributed by atoms with Gasteiger partial charge >= 0.3 is 5.97 Å². The van der Waals surface area contributed by atoms with Gasteiger partial charge in [0.1, 0.15) is 0 Å². The molecule has 0 fully saturated rings. The maximum absolute atomic E-state index is 11.7. The highest BCUT2D eigenvalue weighted by Gasteiger charge is 2.09. The third-order valence-corrected chi connectivity index (χ3v) is 2.60. The lowest BCUT2D eigenvalue weighted by Crippen LogP contribution is -2.38. The Bertz CT molecular complexity index is 592. The van der Waals surface area contributed by atoms with Crippen LogP contribution in [0.15, 0.2) is 30.5 Å². The number of hydrogen-bond acceptors (Lipinski definition) is 4. The van der Waals surface area contributed by atoms with Gasteiger partial charge in [-0.15, -0.1) is 0 Å². The highest BCUT2D eigenvalue weighted by atomic mass is 16.7. The summed E-state index contributed by atoms with van der Waals surface area (Å²) < 4.78 is 0. The number of benzene rings is 1. The summed E-state index contributed by atoms with van der Waals surface area (Å²) in [5, 5.41) is 0.921. The molecular weight excluding hydrogens is 246 g/mol. The zero-order chi connectivity index (χ0) is 13.7. The van der Waals surface area contributed by atoms with E-state index in [9.17, 15) is 9.59 Å². The molecule has 6 nitrogen and oxygen atoms in total. The lowest BCUT2D eigenvalue weighted by molar-refractivity contribution is -0.125. The second kappa shape index (κ2) is 6.01. The van der Waals surface area contributed by atoms with Crippen LogP contribution in [-0.4, -0.2) is 16.9 Å². The molecule has 0 aliphatic heterocycles. The van der Waals surface area contributed by atoms with E-state index in [-0.39, 0.29) is 5.91 Å². The molecule has 1 heterocycles. The Morgan fingerprint density at radius 2 is 2.16 bits per heavy atom. The van der Waals surface area contributed by atoms with Gasteiger partial charge in [-0.3, -0.25) is 10.2 Å². The summed E-state index contributed by atoms with van der Waals surface area (Å²) in [6.45, 7) is 1.89. The average molecular weight is 261 g/mol. The third-order valence-electron chi connectivity index (χ3n) is 2.60. The van der Waals surface area contributed by atoms with Gasteiger partial charge in [0, 0.05) is 23.5 Å². The first-order chi connectivity index (χ1) is 9.20. The molecule has 0 saturated carbocycles. The molecule has 1 aromatic heterocycles.